The predicted octanol–water partition coefficient (Wildman–Crippen LogP) is 3.34. The van der Waals surface area contributed by atoms with E-state index < -0.39 is 15.9 Å². The van der Waals surface area contributed by atoms with Crippen LogP contribution in [0.25, 0.3) is 0 Å². The Hall–Kier alpha value is -1.99. The van der Waals surface area contributed by atoms with E-state index >= 15 is 0 Å². The number of carbonyl (C=O) groups excluding carboxylic acids is 1. The summed E-state index contributed by atoms with van der Waals surface area (Å²) in [4.78, 5) is 11.9. The highest BCUT2D eigenvalue weighted by molar-refractivity contribution is 7.92. The van der Waals surface area contributed by atoms with Gasteiger partial charge in [-0.15, -0.1) is 0 Å². The molecule has 0 fully saturated rings. The Labute approximate surface area is 133 Å². The van der Waals surface area contributed by atoms with Crippen molar-refractivity contribution in [2.24, 2.45) is 0 Å². The summed E-state index contributed by atoms with van der Waals surface area (Å²) in [6.07, 6.45) is 0.537. The minimum Gasteiger partial charge on any atom is -0.440 e. The minimum absolute atomic E-state index is 0.0603. The molecule has 0 radical (unpaired) electrons. The maximum absolute atomic E-state index is 11.9. The fraction of sp³-hybridized carbons (Fsp3) is 0.214. The van der Waals surface area contributed by atoms with Gasteiger partial charge in [-0.1, -0.05) is 6.92 Å². The second kappa shape index (κ2) is 6.85. The number of nitrogens with one attached hydrogen (secondary N) is 2. The van der Waals surface area contributed by atoms with Crippen molar-refractivity contribution in [3.63, 3.8) is 0 Å². The topological polar surface area (TPSA) is 88.4 Å². The zero-order chi connectivity index (χ0) is 16.2. The lowest BCUT2D eigenvalue weighted by molar-refractivity contribution is 0.0997. The maximum Gasteiger partial charge on any atom is 0.291 e. The summed E-state index contributed by atoms with van der Waals surface area (Å²) in [6, 6.07) is 9.25. The summed E-state index contributed by atoms with van der Waals surface area (Å²) in [5.41, 5.74) is 0.948. The molecule has 0 unspecified atom stereocenters. The maximum atomic E-state index is 11.9. The van der Waals surface area contributed by atoms with E-state index in [2.05, 4.69) is 10.0 Å². The summed E-state index contributed by atoms with van der Waals surface area (Å²) in [6.45, 7) is 1.79. The molecule has 22 heavy (non-hydrogen) atoms. The third-order valence-electron chi connectivity index (χ3n) is 2.69. The molecule has 118 valence electrons. The average Bonchev–Trinajstić information content (AvgIpc) is 2.87. The van der Waals surface area contributed by atoms with E-state index in [9.17, 15) is 13.2 Å². The van der Waals surface area contributed by atoms with Crippen molar-refractivity contribution in [3.8, 4) is 0 Å². The number of benzene rings is 1. The van der Waals surface area contributed by atoms with Crippen molar-refractivity contribution in [1.29, 1.82) is 0 Å². The number of sulfonamides is 1. The van der Waals surface area contributed by atoms with Gasteiger partial charge in [0.1, 0.15) is 0 Å². The highest BCUT2D eigenvalue weighted by Gasteiger charge is 2.11. The molecule has 6 nitrogen and oxygen atoms in total. The lowest BCUT2D eigenvalue weighted by atomic mass is 10.3. The lowest BCUT2D eigenvalue weighted by Gasteiger charge is -2.08. The first kappa shape index (κ1) is 16.4. The van der Waals surface area contributed by atoms with Gasteiger partial charge in [-0.05, 0) is 54.4 Å². The van der Waals surface area contributed by atoms with Crippen molar-refractivity contribution in [3.05, 3.63) is 47.4 Å². The Morgan fingerprint density at radius 3 is 2.32 bits per heavy atom. The molecule has 0 aliphatic carbocycles. The molecular formula is C14H15ClN2O4S. The molecule has 1 heterocycles. The second-order valence-corrected chi connectivity index (χ2v) is 6.77. The lowest BCUT2D eigenvalue weighted by Crippen LogP contribution is -2.16. The summed E-state index contributed by atoms with van der Waals surface area (Å²) in [7, 11) is -3.33. The molecule has 0 bridgehead atoms. The van der Waals surface area contributed by atoms with Crippen molar-refractivity contribution in [1.82, 2.24) is 0 Å². The molecule has 0 saturated heterocycles. The third kappa shape index (κ3) is 4.51. The van der Waals surface area contributed by atoms with Crippen LogP contribution in [-0.4, -0.2) is 20.1 Å². The largest absolute Gasteiger partial charge is 0.440 e. The van der Waals surface area contributed by atoms with Crippen LogP contribution < -0.4 is 10.0 Å². The van der Waals surface area contributed by atoms with Crippen LogP contribution in [0.1, 0.15) is 23.9 Å². The standard InChI is InChI=1S/C14H15ClN2O4S/c1-2-9-22(19,20)17-11-5-3-10(4-6-11)16-14(18)12-7-8-13(15)21-12/h3-8,17H,2,9H2,1H3,(H,16,18). The van der Waals surface area contributed by atoms with Gasteiger partial charge in [0.05, 0.1) is 5.75 Å². The first-order valence-electron chi connectivity index (χ1n) is 6.57. The van der Waals surface area contributed by atoms with Gasteiger partial charge >= 0.3 is 0 Å². The van der Waals surface area contributed by atoms with Gasteiger partial charge < -0.3 is 9.73 Å². The minimum atomic E-state index is -3.33. The van der Waals surface area contributed by atoms with Crippen molar-refractivity contribution in [2.45, 2.75) is 13.3 Å². The van der Waals surface area contributed by atoms with Crippen LogP contribution >= 0.6 is 11.6 Å². The summed E-state index contributed by atoms with van der Waals surface area (Å²) in [5, 5.41) is 2.75. The number of halogens is 1. The number of hydrogen-bond acceptors (Lipinski definition) is 4. The Balaban J connectivity index is 2.01. The molecule has 0 spiro atoms. The van der Waals surface area contributed by atoms with Crippen LogP contribution in [0.5, 0.6) is 0 Å². The summed E-state index contributed by atoms with van der Waals surface area (Å²) >= 11 is 5.60. The Kier molecular flexibility index (Phi) is 5.10. The van der Waals surface area contributed by atoms with Gasteiger partial charge in [0.2, 0.25) is 10.0 Å². The first-order chi connectivity index (χ1) is 10.4. The fourth-order valence-corrected chi connectivity index (χ4v) is 3.03. The number of amides is 1. The van der Waals surface area contributed by atoms with Crippen LogP contribution in [0.4, 0.5) is 11.4 Å². The molecule has 0 atom stereocenters. The average molecular weight is 343 g/mol. The zero-order valence-corrected chi connectivity index (χ0v) is 13.4. The van der Waals surface area contributed by atoms with E-state index in [-0.39, 0.29) is 16.7 Å². The number of furan rings is 1. The van der Waals surface area contributed by atoms with Crippen molar-refractivity contribution >= 4 is 38.9 Å². The van der Waals surface area contributed by atoms with Gasteiger partial charge in [-0.2, -0.15) is 0 Å². The molecule has 1 amide bonds. The SMILES string of the molecule is CCCS(=O)(=O)Nc1ccc(NC(=O)c2ccc(Cl)o2)cc1. The zero-order valence-electron chi connectivity index (χ0n) is 11.8. The first-order valence-corrected chi connectivity index (χ1v) is 8.60. The fourth-order valence-electron chi connectivity index (χ4n) is 1.75. The van der Waals surface area contributed by atoms with Crippen molar-refractivity contribution in [2.75, 3.05) is 15.8 Å². The molecule has 8 heteroatoms. The van der Waals surface area contributed by atoms with Crippen LogP contribution in [0, 0.1) is 0 Å². The smallest absolute Gasteiger partial charge is 0.291 e. The number of hydrogen-bond donors (Lipinski definition) is 2. The van der Waals surface area contributed by atoms with E-state index in [1.165, 1.54) is 12.1 Å². The van der Waals surface area contributed by atoms with Crippen molar-refractivity contribution < 1.29 is 17.6 Å². The van der Waals surface area contributed by atoms with E-state index in [0.717, 1.165) is 0 Å². The van der Waals surface area contributed by atoms with E-state index in [1.54, 1.807) is 31.2 Å². The molecule has 2 rings (SSSR count). The molecule has 0 aliphatic rings. The van der Waals surface area contributed by atoms with E-state index in [1.807, 2.05) is 0 Å². The number of rotatable bonds is 6. The highest BCUT2D eigenvalue weighted by Crippen LogP contribution is 2.18. The normalized spacial score (nSPS) is 11.2. The Morgan fingerprint density at radius 2 is 1.77 bits per heavy atom. The highest BCUT2D eigenvalue weighted by atomic mass is 35.5. The Bertz CT molecular complexity index is 753. The predicted molar refractivity (Wildman–Crippen MR) is 85.8 cm³/mol. The van der Waals surface area contributed by atoms with Gasteiger partial charge in [0.15, 0.2) is 11.0 Å². The molecule has 0 saturated carbocycles. The van der Waals surface area contributed by atoms with Crippen LogP contribution in [0.3, 0.4) is 0 Å². The van der Waals surface area contributed by atoms with E-state index in [4.69, 9.17) is 16.0 Å². The Morgan fingerprint density at radius 1 is 1.14 bits per heavy atom. The van der Waals surface area contributed by atoms with Gasteiger partial charge in [0.25, 0.3) is 5.91 Å². The molecule has 1 aromatic heterocycles. The van der Waals surface area contributed by atoms with E-state index in [0.29, 0.717) is 17.8 Å². The van der Waals surface area contributed by atoms with Crippen LogP contribution in [0.15, 0.2) is 40.8 Å². The monoisotopic (exact) mass is 342 g/mol. The summed E-state index contributed by atoms with van der Waals surface area (Å²) < 4.78 is 30.7. The van der Waals surface area contributed by atoms with Gasteiger partial charge in [0, 0.05) is 11.4 Å². The number of anilines is 2. The molecule has 2 aromatic rings. The summed E-state index contributed by atoms with van der Waals surface area (Å²) in [5.74, 6) is -0.283. The third-order valence-corrected chi connectivity index (χ3v) is 4.38. The quantitative estimate of drug-likeness (QED) is 0.842. The number of carbonyl (C=O) groups is 1. The second-order valence-electron chi connectivity index (χ2n) is 4.56. The van der Waals surface area contributed by atoms with Gasteiger partial charge in [-0.3, -0.25) is 9.52 Å². The molecule has 1 aromatic carbocycles. The molecular weight excluding hydrogens is 328 g/mol. The molecule has 2 N–H and O–H groups in total. The van der Waals surface area contributed by atoms with Gasteiger partial charge in [-0.25, -0.2) is 8.42 Å². The molecule has 0 aliphatic heterocycles. The van der Waals surface area contributed by atoms with Crippen LogP contribution in [0.2, 0.25) is 5.22 Å². The van der Waals surface area contributed by atoms with Crippen LogP contribution in [-0.2, 0) is 10.0 Å².